The summed E-state index contributed by atoms with van der Waals surface area (Å²) in [5.74, 6) is 2.37. The number of aromatic nitrogens is 3. The smallest absolute Gasteiger partial charge is 0.247 e. The van der Waals surface area contributed by atoms with Crippen LogP contribution >= 0.6 is 0 Å². The van der Waals surface area contributed by atoms with Crippen molar-refractivity contribution in [2.45, 2.75) is 32.1 Å². The zero-order chi connectivity index (χ0) is 17.1. The van der Waals surface area contributed by atoms with E-state index in [1.807, 2.05) is 12.1 Å². The Morgan fingerprint density at radius 2 is 1.92 bits per heavy atom. The Labute approximate surface area is 144 Å². The summed E-state index contributed by atoms with van der Waals surface area (Å²) in [7, 11) is 0. The largest absolute Gasteiger partial charge is 0.493 e. The molecule has 0 atom stereocenters. The second kappa shape index (κ2) is 6.93. The molecule has 6 heteroatoms. The molecule has 1 aliphatic heterocycles. The van der Waals surface area contributed by atoms with Crippen LogP contribution in [0.15, 0.2) is 45.8 Å². The lowest BCUT2D eigenvalue weighted by atomic mass is 10.0. The molecule has 2 aromatic heterocycles. The number of rotatable bonds is 6. The Bertz CT molecular complexity index is 909. The Morgan fingerprint density at radius 3 is 2.80 bits per heavy atom. The summed E-state index contributed by atoms with van der Waals surface area (Å²) >= 11 is 0. The molecule has 0 spiro atoms. The lowest BCUT2D eigenvalue weighted by Gasteiger charge is -2.02. The van der Waals surface area contributed by atoms with Gasteiger partial charge in [-0.1, -0.05) is 23.4 Å². The molecule has 3 aromatic rings. The fourth-order valence-corrected chi connectivity index (χ4v) is 2.99. The number of benzene rings is 1. The van der Waals surface area contributed by atoms with E-state index in [1.165, 1.54) is 17.2 Å². The van der Waals surface area contributed by atoms with E-state index in [-0.39, 0.29) is 5.56 Å². The van der Waals surface area contributed by atoms with Crippen LogP contribution in [0.3, 0.4) is 0 Å². The SMILES string of the molecule is O=c1ccc(CCc2nc(CCc3ccc4c(c3)CCO4)no2)c[nH]1. The van der Waals surface area contributed by atoms with E-state index in [0.29, 0.717) is 12.3 Å². The maximum atomic E-state index is 11.0. The molecule has 1 aliphatic rings. The highest BCUT2D eigenvalue weighted by molar-refractivity contribution is 5.39. The highest BCUT2D eigenvalue weighted by atomic mass is 16.5. The van der Waals surface area contributed by atoms with Gasteiger partial charge in [-0.25, -0.2) is 0 Å². The van der Waals surface area contributed by atoms with Crippen LogP contribution in [0.4, 0.5) is 0 Å². The van der Waals surface area contributed by atoms with Crippen LogP contribution in [0.25, 0.3) is 0 Å². The van der Waals surface area contributed by atoms with Crippen molar-refractivity contribution in [3.05, 3.63) is 75.3 Å². The molecule has 0 aliphatic carbocycles. The summed E-state index contributed by atoms with van der Waals surface area (Å²) in [6, 6.07) is 9.69. The second-order valence-electron chi connectivity index (χ2n) is 6.21. The molecule has 6 nitrogen and oxygen atoms in total. The minimum Gasteiger partial charge on any atom is -0.493 e. The minimum absolute atomic E-state index is 0.0954. The van der Waals surface area contributed by atoms with Crippen LogP contribution in [0.5, 0.6) is 5.75 Å². The molecular formula is C19H19N3O3. The Balaban J connectivity index is 1.32. The fraction of sp³-hybridized carbons (Fsp3) is 0.316. The van der Waals surface area contributed by atoms with E-state index >= 15 is 0 Å². The van der Waals surface area contributed by atoms with E-state index in [1.54, 1.807) is 6.20 Å². The first-order valence-corrected chi connectivity index (χ1v) is 8.50. The Hall–Kier alpha value is -2.89. The number of aryl methyl sites for hydroxylation is 4. The number of hydrogen-bond donors (Lipinski definition) is 1. The predicted molar refractivity (Wildman–Crippen MR) is 91.8 cm³/mol. The van der Waals surface area contributed by atoms with Gasteiger partial charge in [0, 0.05) is 31.5 Å². The molecule has 0 bridgehead atoms. The number of H-pyrrole nitrogens is 1. The molecule has 4 rings (SSSR count). The van der Waals surface area contributed by atoms with Gasteiger partial charge in [0.2, 0.25) is 11.4 Å². The third-order valence-electron chi connectivity index (χ3n) is 4.38. The number of fused-ring (bicyclic) bond motifs is 1. The number of ether oxygens (including phenoxy) is 1. The molecule has 1 N–H and O–H groups in total. The molecular weight excluding hydrogens is 318 g/mol. The summed E-state index contributed by atoms with van der Waals surface area (Å²) in [6.45, 7) is 0.780. The van der Waals surface area contributed by atoms with Crippen LogP contribution in [0, 0.1) is 0 Å². The van der Waals surface area contributed by atoms with Crippen LogP contribution in [-0.2, 0) is 32.1 Å². The van der Waals surface area contributed by atoms with Gasteiger partial charge in [-0.2, -0.15) is 4.98 Å². The Kier molecular flexibility index (Phi) is 4.33. The van der Waals surface area contributed by atoms with E-state index in [0.717, 1.165) is 49.4 Å². The van der Waals surface area contributed by atoms with Crippen molar-refractivity contribution in [2.75, 3.05) is 6.61 Å². The number of hydrogen-bond acceptors (Lipinski definition) is 5. The van der Waals surface area contributed by atoms with Crippen LogP contribution < -0.4 is 10.3 Å². The molecule has 1 aromatic carbocycles. The number of aromatic amines is 1. The fourth-order valence-electron chi connectivity index (χ4n) is 2.99. The normalized spacial score (nSPS) is 12.8. The lowest BCUT2D eigenvalue weighted by Crippen LogP contribution is -2.03. The average molecular weight is 337 g/mol. The van der Waals surface area contributed by atoms with Gasteiger partial charge in [-0.3, -0.25) is 4.79 Å². The standard InChI is InChI=1S/C19H19N3O3/c23-18-7-3-14(12-20-18)4-8-19-21-17(22-25-19)6-2-13-1-5-16-15(11-13)9-10-24-16/h1,3,5,7,11-12H,2,4,6,8-10H2,(H,20,23). The molecule has 0 saturated carbocycles. The van der Waals surface area contributed by atoms with Crippen molar-refractivity contribution in [1.82, 2.24) is 15.1 Å². The first-order chi connectivity index (χ1) is 12.3. The van der Waals surface area contributed by atoms with Crippen molar-refractivity contribution >= 4 is 0 Å². The molecule has 0 unspecified atom stereocenters. The van der Waals surface area contributed by atoms with Gasteiger partial charge in [-0.15, -0.1) is 0 Å². The lowest BCUT2D eigenvalue weighted by molar-refractivity contribution is 0.357. The quantitative estimate of drug-likeness (QED) is 0.746. The van der Waals surface area contributed by atoms with Gasteiger partial charge in [0.15, 0.2) is 5.82 Å². The summed E-state index contributed by atoms with van der Waals surface area (Å²) in [5.41, 5.74) is 3.50. The molecule has 0 radical (unpaired) electrons. The second-order valence-corrected chi connectivity index (χ2v) is 6.21. The van der Waals surface area contributed by atoms with Crippen LogP contribution in [-0.4, -0.2) is 21.7 Å². The molecule has 0 amide bonds. The summed E-state index contributed by atoms with van der Waals surface area (Å²) < 4.78 is 10.8. The third-order valence-corrected chi connectivity index (χ3v) is 4.38. The van der Waals surface area contributed by atoms with Gasteiger partial charge in [0.1, 0.15) is 5.75 Å². The predicted octanol–water partition coefficient (Wildman–Crippen LogP) is 2.26. The van der Waals surface area contributed by atoms with Crippen molar-refractivity contribution < 1.29 is 9.26 Å². The van der Waals surface area contributed by atoms with E-state index in [9.17, 15) is 4.79 Å². The highest BCUT2D eigenvalue weighted by Gasteiger charge is 2.13. The summed E-state index contributed by atoms with van der Waals surface area (Å²) in [4.78, 5) is 18.2. The molecule has 3 heterocycles. The molecule has 25 heavy (non-hydrogen) atoms. The third kappa shape index (κ3) is 3.79. The van der Waals surface area contributed by atoms with Crippen molar-refractivity contribution in [3.8, 4) is 5.75 Å². The van der Waals surface area contributed by atoms with Gasteiger partial charge < -0.3 is 14.2 Å². The Morgan fingerprint density at radius 1 is 1.04 bits per heavy atom. The number of nitrogens with one attached hydrogen (secondary N) is 1. The molecule has 128 valence electrons. The average Bonchev–Trinajstić information content (AvgIpc) is 3.28. The maximum absolute atomic E-state index is 11.0. The zero-order valence-corrected chi connectivity index (χ0v) is 13.8. The minimum atomic E-state index is -0.0954. The molecule has 0 saturated heterocycles. The first kappa shape index (κ1) is 15.6. The van der Waals surface area contributed by atoms with Gasteiger partial charge >= 0.3 is 0 Å². The van der Waals surface area contributed by atoms with Gasteiger partial charge in [0.25, 0.3) is 0 Å². The van der Waals surface area contributed by atoms with E-state index in [2.05, 4.69) is 27.3 Å². The van der Waals surface area contributed by atoms with E-state index < -0.39 is 0 Å². The number of pyridine rings is 1. The topological polar surface area (TPSA) is 81.0 Å². The van der Waals surface area contributed by atoms with Crippen molar-refractivity contribution in [3.63, 3.8) is 0 Å². The van der Waals surface area contributed by atoms with Crippen molar-refractivity contribution in [2.24, 2.45) is 0 Å². The summed E-state index contributed by atoms with van der Waals surface area (Å²) in [6.07, 6.45) is 5.75. The van der Waals surface area contributed by atoms with Crippen LogP contribution in [0.2, 0.25) is 0 Å². The van der Waals surface area contributed by atoms with Crippen molar-refractivity contribution in [1.29, 1.82) is 0 Å². The van der Waals surface area contributed by atoms with Gasteiger partial charge in [-0.05, 0) is 35.6 Å². The summed E-state index contributed by atoms with van der Waals surface area (Å²) in [5, 5.41) is 4.06. The monoisotopic (exact) mass is 337 g/mol. The van der Waals surface area contributed by atoms with E-state index in [4.69, 9.17) is 9.26 Å². The number of nitrogens with zero attached hydrogens (tertiary/aromatic N) is 2. The molecule has 0 fully saturated rings. The van der Waals surface area contributed by atoms with Gasteiger partial charge in [0.05, 0.1) is 6.61 Å². The highest BCUT2D eigenvalue weighted by Crippen LogP contribution is 2.26. The first-order valence-electron chi connectivity index (χ1n) is 8.50. The maximum Gasteiger partial charge on any atom is 0.247 e. The van der Waals surface area contributed by atoms with Crippen LogP contribution in [0.1, 0.15) is 28.4 Å². The zero-order valence-electron chi connectivity index (χ0n) is 13.8.